The minimum atomic E-state index is -0.517. The fourth-order valence-corrected chi connectivity index (χ4v) is 2.29. The Balaban J connectivity index is 2.37. The Hall–Kier alpha value is -0.900. The fraction of sp³-hybridized carbons (Fsp3) is 0.647. The number of aliphatic hydroxyl groups is 2. The molecular formula is C17H29NO2. The summed E-state index contributed by atoms with van der Waals surface area (Å²) in [6.45, 7) is 7.47. The first-order chi connectivity index (χ1) is 9.52. The summed E-state index contributed by atoms with van der Waals surface area (Å²) >= 11 is 0. The van der Waals surface area contributed by atoms with Gasteiger partial charge in [0.25, 0.3) is 0 Å². The Kier molecular flexibility index (Phi) is 7.82. The Morgan fingerprint density at radius 1 is 1.05 bits per heavy atom. The molecule has 1 aromatic rings. The zero-order valence-electron chi connectivity index (χ0n) is 13.0. The second-order valence-corrected chi connectivity index (χ2v) is 5.96. The van der Waals surface area contributed by atoms with Gasteiger partial charge >= 0.3 is 0 Å². The van der Waals surface area contributed by atoms with Crippen molar-refractivity contribution in [1.29, 1.82) is 0 Å². The fourth-order valence-electron chi connectivity index (χ4n) is 2.29. The van der Waals surface area contributed by atoms with E-state index >= 15 is 0 Å². The van der Waals surface area contributed by atoms with Crippen molar-refractivity contribution in [3.8, 4) is 0 Å². The Morgan fingerprint density at radius 3 is 2.25 bits per heavy atom. The second kappa shape index (κ2) is 9.11. The third kappa shape index (κ3) is 6.51. The summed E-state index contributed by atoms with van der Waals surface area (Å²) in [5.41, 5.74) is 2.23. The van der Waals surface area contributed by atoms with E-state index in [4.69, 9.17) is 0 Å². The molecule has 0 aliphatic heterocycles. The van der Waals surface area contributed by atoms with Crippen molar-refractivity contribution in [2.24, 2.45) is 5.92 Å². The smallest absolute Gasteiger partial charge is 0.0914 e. The molecule has 0 aromatic heterocycles. The van der Waals surface area contributed by atoms with Gasteiger partial charge in [0.15, 0.2) is 0 Å². The predicted molar refractivity (Wildman–Crippen MR) is 83.7 cm³/mol. The summed E-state index contributed by atoms with van der Waals surface area (Å²) in [5, 5.41) is 22.8. The zero-order chi connectivity index (χ0) is 15.0. The number of hydrogen-bond donors (Lipinski definition) is 3. The van der Waals surface area contributed by atoms with Crippen LogP contribution in [-0.4, -0.2) is 29.4 Å². The van der Waals surface area contributed by atoms with Crippen LogP contribution in [0, 0.1) is 5.92 Å². The maximum atomic E-state index is 10.1. The average molecular weight is 279 g/mol. The first-order valence-corrected chi connectivity index (χ1v) is 7.68. The summed E-state index contributed by atoms with van der Waals surface area (Å²) in [7, 11) is 0. The molecule has 3 heteroatoms. The van der Waals surface area contributed by atoms with E-state index in [1.54, 1.807) is 0 Å². The van der Waals surface area contributed by atoms with Crippen molar-refractivity contribution in [3.63, 3.8) is 0 Å². The minimum Gasteiger partial charge on any atom is -0.392 e. The first-order valence-electron chi connectivity index (χ1n) is 7.68. The van der Waals surface area contributed by atoms with Crippen molar-refractivity contribution >= 4 is 0 Å². The quantitative estimate of drug-likeness (QED) is 0.651. The molecule has 0 aliphatic rings. The molecular weight excluding hydrogens is 250 g/mol. The van der Waals surface area contributed by atoms with E-state index in [0.717, 1.165) is 24.8 Å². The maximum absolute atomic E-state index is 10.1. The number of benzene rings is 1. The third-order valence-corrected chi connectivity index (χ3v) is 3.35. The molecule has 0 fully saturated rings. The van der Waals surface area contributed by atoms with Crippen molar-refractivity contribution in [2.45, 2.75) is 52.2 Å². The molecule has 0 radical (unpaired) electrons. The third-order valence-electron chi connectivity index (χ3n) is 3.35. The molecule has 3 nitrogen and oxygen atoms in total. The van der Waals surface area contributed by atoms with Crippen LogP contribution in [-0.2, 0) is 6.42 Å². The van der Waals surface area contributed by atoms with Crippen molar-refractivity contribution in [3.05, 3.63) is 35.4 Å². The van der Waals surface area contributed by atoms with E-state index in [2.05, 4.69) is 38.2 Å². The number of rotatable bonds is 9. The SMILES string of the molecule is CCCC(O)CNCC(O)c1ccc(CC(C)C)cc1. The van der Waals surface area contributed by atoms with Crippen LogP contribution in [0.4, 0.5) is 0 Å². The highest BCUT2D eigenvalue weighted by molar-refractivity contribution is 5.24. The second-order valence-electron chi connectivity index (χ2n) is 5.96. The summed E-state index contributed by atoms with van der Waals surface area (Å²) < 4.78 is 0. The molecule has 0 saturated heterocycles. The molecule has 1 rings (SSSR count). The van der Waals surface area contributed by atoms with Crippen molar-refractivity contribution in [2.75, 3.05) is 13.1 Å². The van der Waals surface area contributed by atoms with E-state index in [-0.39, 0.29) is 6.10 Å². The molecule has 2 atom stereocenters. The predicted octanol–water partition coefficient (Wildman–Crippen LogP) is 2.67. The summed E-state index contributed by atoms with van der Waals surface area (Å²) in [5.74, 6) is 0.646. The first kappa shape index (κ1) is 17.2. The Bertz CT molecular complexity index is 362. The number of hydrogen-bond acceptors (Lipinski definition) is 3. The summed E-state index contributed by atoms with van der Waals surface area (Å²) in [6.07, 6.45) is 2.01. The molecule has 0 saturated carbocycles. The molecule has 0 bridgehead atoms. The highest BCUT2D eigenvalue weighted by Gasteiger charge is 2.09. The van der Waals surface area contributed by atoms with Gasteiger partial charge in [0.05, 0.1) is 12.2 Å². The lowest BCUT2D eigenvalue weighted by Crippen LogP contribution is -2.30. The molecule has 1 aromatic carbocycles. The molecule has 0 amide bonds. The minimum absolute atomic E-state index is 0.319. The van der Waals surface area contributed by atoms with Crippen LogP contribution in [0.3, 0.4) is 0 Å². The van der Waals surface area contributed by atoms with Gasteiger partial charge in [0, 0.05) is 13.1 Å². The molecule has 20 heavy (non-hydrogen) atoms. The van der Waals surface area contributed by atoms with Crippen molar-refractivity contribution < 1.29 is 10.2 Å². The highest BCUT2D eigenvalue weighted by atomic mass is 16.3. The van der Waals surface area contributed by atoms with Crippen LogP contribution < -0.4 is 5.32 Å². The van der Waals surface area contributed by atoms with E-state index in [0.29, 0.717) is 19.0 Å². The molecule has 0 aliphatic carbocycles. The molecule has 0 spiro atoms. The van der Waals surface area contributed by atoms with E-state index in [9.17, 15) is 10.2 Å². The van der Waals surface area contributed by atoms with Crippen LogP contribution in [0.2, 0.25) is 0 Å². The number of nitrogens with one attached hydrogen (secondary N) is 1. The monoisotopic (exact) mass is 279 g/mol. The molecule has 3 N–H and O–H groups in total. The van der Waals surface area contributed by atoms with Gasteiger partial charge in [0.1, 0.15) is 0 Å². The number of aliphatic hydroxyl groups excluding tert-OH is 2. The van der Waals surface area contributed by atoms with Gasteiger partial charge in [-0.3, -0.25) is 0 Å². The summed E-state index contributed by atoms with van der Waals surface area (Å²) in [6, 6.07) is 8.16. The molecule has 114 valence electrons. The van der Waals surface area contributed by atoms with Gasteiger partial charge in [-0.05, 0) is 29.9 Å². The van der Waals surface area contributed by atoms with Crippen LogP contribution in [0.1, 0.15) is 50.8 Å². The average Bonchev–Trinajstić information content (AvgIpc) is 2.39. The molecule has 0 heterocycles. The zero-order valence-corrected chi connectivity index (χ0v) is 13.0. The maximum Gasteiger partial charge on any atom is 0.0914 e. The van der Waals surface area contributed by atoms with Gasteiger partial charge in [-0.25, -0.2) is 0 Å². The topological polar surface area (TPSA) is 52.5 Å². The van der Waals surface area contributed by atoms with Crippen LogP contribution in [0.25, 0.3) is 0 Å². The Labute approximate surface area is 123 Å². The highest BCUT2D eigenvalue weighted by Crippen LogP contribution is 2.15. The van der Waals surface area contributed by atoms with Gasteiger partial charge in [-0.1, -0.05) is 51.5 Å². The van der Waals surface area contributed by atoms with Crippen LogP contribution in [0.5, 0.6) is 0 Å². The van der Waals surface area contributed by atoms with E-state index in [1.807, 2.05) is 12.1 Å². The largest absolute Gasteiger partial charge is 0.392 e. The lowest BCUT2D eigenvalue weighted by Gasteiger charge is -2.15. The Morgan fingerprint density at radius 2 is 1.70 bits per heavy atom. The van der Waals surface area contributed by atoms with E-state index < -0.39 is 6.10 Å². The van der Waals surface area contributed by atoms with Gasteiger partial charge in [-0.2, -0.15) is 0 Å². The lowest BCUT2D eigenvalue weighted by atomic mass is 10.0. The normalized spacial score (nSPS) is 14.5. The summed E-state index contributed by atoms with van der Waals surface area (Å²) in [4.78, 5) is 0. The molecule has 2 unspecified atom stereocenters. The van der Waals surface area contributed by atoms with Gasteiger partial charge in [0.2, 0.25) is 0 Å². The van der Waals surface area contributed by atoms with Crippen LogP contribution in [0.15, 0.2) is 24.3 Å². The van der Waals surface area contributed by atoms with Gasteiger partial charge in [-0.15, -0.1) is 0 Å². The van der Waals surface area contributed by atoms with E-state index in [1.165, 1.54) is 5.56 Å². The lowest BCUT2D eigenvalue weighted by molar-refractivity contribution is 0.140. The van der Waals surface area contributed by atoms with Gasteiger partial charge < -0.3 is 15.5 Å². The standard InChI is InChI=1S/C17H29NO2/c1-4-5-16(19)11-18-12-17(20)15-8-6-14(7-9-15)10-13(2)3/h6-9,13,16-20H,4-5,10-12H2,1-3H3. The van der Waals surface area contributed by atoms with Crippen molar-refractivity contribution in [1.82, 2.24) is 5.32 Å². The van der Waals surface area contributed by atoms with Crippen LogP contribution >= 0.6 is 0 Å².